The molecule has 4 rings (SSSR count). The number of rotatable bonds is 1. The third kappa shape index (κ3) is 1.57. The van der Waals surface area contributed by atoms with E-state index in [9.17, 15) is 4.79 Å². The number of hydrogen-bond acceptors (Lipinski definition) is 3. The first kappa shape index (κ1) is 14.2. The van der Waals surface area contributed by atoms with Crippen LogP contribution in [-0.2, 0) is 16.6 Å². The molecular formula is C19H25NO2. The predicted octanol–water partition coefficient (Wildman–Crippen LogP) is 4.22. The van der Waals surface area contributed by atoms with E-state index < -0.39 is 0 Å². The van der Waals surface area contributed by atoms with Gasteiger partial charge in [0.15, 0.2) is 0 Å². The van der Waals surface area contributed by atoms with Crippen LogP contribution < -0.4 is 0 Å². The van der Waals surface area contributed by atoms with Gasteiger partial charge in [-0.05, 0) is 49.9 Å². The van der Waals surface area contributed by atoms with Crippen molar-refractivity contribution < 1.29 is 9.32 Å². The lowest BCUT2D eigenvalue weighted by atomic mass is 9.44. The third-order valence-corrected chi connectivity index (χ3v) is 6.86. The van der Waals surface area contributed by atoms with Crippen molar-refractivity contribution in [3.8, 4) is 0 Å². The number of hydrogen-bond donors (Lipinski definition) is 0. The molecule has 118 valence electrons. The van der Waals surface area contributed by atoms with Gasteiger partial charge in [0, 0.05) is 16.4 Å². The first-order chi connectivity index (χ1) is 10.4. The lowest BCUT2D eigenvalue weighted by Crippen LogP contribution is -2.54. The summed E-state index contributed by atoms with van der Waals surface area (Å²) < 4.78 is 5.61. The first-order valence-corrected chi connectivity index (χ1v) is 8.55. The number of aldehydes is 1. The Balaban J connectivity index is 1.90. The Bertz CT molecular complexity index is 656. The molecule has 3 aliphatic carbocycles. The average molecular weight is 299 g/mol. The highest BCUT2D eigenvalue weighted by Gasteiger charge is 2.59. The number of carbonyl (C=O) groups excluding carboxylic acids is 1. The summed E-state index contributed by atoms with van der Waals surface area (Å²) in [6.07, 6.45) is 11.9. The largest absolute Gasteiger partial charge is 0.361 e. The highest BCUT2D eigenvalue weighted by Crippen LogP contribution is 2.64. The number of aromatic nitrogens is 1. The summed E-state index contributed by atoms with van der Waals surface area (Å²) in [6, 6.07) is 0. The highest BCUT2D eigenvalue weighted by atomic mass is 16.5. The molecule has 0 spiro atoms. The molecule has 0 N–H and O–H groups in total. The Morgan fingerprint density at radius 3 is 2.91 bits per heavy atom. The Morgan fingerprint density at radius 1 is 1.32 bits per heavy atom. The maximum Gasteiger partial charge on any atom is 0.145 e. The molecule has 0 bridgehead atoms. The monoisotopic (exact) mass is 299 g/mol. The topological polar surface area (TPSA) is 43.1 Å². The van der Waals surface area contributed by atoms with Crippen LogP contribution in [0.4, 0.5) is 0 Å². The quantitative estimate of drug-likeness (QED) is 0.576. The molecule has 1 aromatic rings. The molecule has 0 aliphatic heterocycles. The Labute approximate surface area is 132 Å². The van der Waals surface area contributed by atoms with Gasteiger partial charge in [-0.1, -0.05) is 37.6 Å². The fraction of sp³-hybridized carbons (Fsp3) is 0.684. The SMILES string of the molecule is CC12Cc3cnoc3C(C)(C)[C@@H]1CC[C@@]1(C=O)CCCC=C21. The zero-order valence-corrected chi connectivity index (χ0v) is 13.8. The van der Waals surface area contributed by atoms with E-state index in [-0.39, 0.29) is 16.2 Å². The highest BCUT2D eigenvalue weighted by molar-refractivity contribution is 5.68. The van der Waals surface area contributed by atoms with Crippen LogP contribution in [0.3, 0.4) is 0 Å². The molecule has 0 saturated heterocycles. The smallest absolute Gasteiger partial charge is 0.145 e. The van der Waals surface area contributed by atoms with Crippen LogP contribution in [0.5, 0.6) is 0 Å². The first-order valence-electron chi connectivity index (χ1n) is 8.55. The van der Waals surface area contributed by atoms with Gasteiger partial charge in [0.2, 0.25) is 0 Å². The van der Waals surface area contributed by atoms with Gasteiger partial charge in [0.05, 0.1) is 6.20 Å². The molecular weight excluding hydrogens is 274 g/mol. The molecule has 22 heavy (non-hydrogen) atoms. The van der Waals surface area contributed by atoms with Gasteiger partial charge in [-0.3, -0.25) is 0 Å². The van der Waals surface area contributed by atoms with Crippen LogP contribution in [0.1, 0.15) is 64.2 Å². The van der Waals surface area contributed by atoms with Gasteiger partial charge in [-0.2, -0.15) is 0 Å². The van der Waals surface area contributed by atoms with Gasteiger partial charge in [-0.15, -0.1) is 0 Å². The second-order valence-corrected chi connectivity index (χ2v) is 8.37. The van der Waals surface area contributed by atoms with Gasteiger partial charge in [0.1, 0.15) is 12.0 Å². The number of allylic oxidation sites excluding steroid dienone is 2. The normalized spacial score (nSPS) is 39.2. The summed E-state index contributed by atoms with van der Waals surface area (Å²) in [6.45, 7) is 6.96. The number of carbonyl (C=O) groups is 1. The molecule has 3 aliphatic rings. The van der Waals surface area contributed by atoms with Crippen LogP contribution in [0.15, 0.2) is 22.4 Å². The van der Waals surface area contributed by atoms with Crippen LogP contribution >= 0.6 is 0 Å². The molecule has 0 aromatic carbocycles. The molecule has 1 saturated carbocycles. The Hall–Kier alpha value is -1.38. The minimum atomic E-state index is -0.200. The van der Waals surface area contributed by atoms with Crippen molar-refractivity contribution in [3.05, 3.63) is 29.2 Å². The summed E-state index contributed by atoms with van der Waals surface area (Å²) in [7, 11) is 0. The summed E-state index contributed by atoms with van der Waals surface area (Å²) in [5.74, 6) is 1.57. The van der Waals surface area contributed by atoms with E-state index in [2.05, 4.69) is 32.0 Å². The third-order valence-electron chi connectivity index (χ3n) is 6.86. The minimum Gasteiger partial charge on any atom is -0.361 e. The average Bonchev–Trinajstić information content (AvgIpc) is 2.95. The van der Waals surface area contributed by atoms with E-state index in [0.717, 1.165) is 44.3 Å². The standard InChI is InChI=1S/C19H25NO2/c1-17(2)14-7-9-19(12-21)8-5-4-6-15(19)18(14,3)10-13-11-20-22-16(13)17/h6,11-12,14H,4-5,7-10H2,1-3H3/t14-,18?,19+/m0/s1. The molecule has 3 atom stereocenters. The lowest BCUT2D eigenvalue weighted by molar-refractivity contribution is -0.119. The van der Waals surface area contributed by atoms with E-state index in [1.807, 2.05) is 6.20 Å². The van der Waals surface area contributed by atoms with E-state index >= 15 is 0 Å². The predicted molar refractivity (Wildman–Crippen MR) is 84.5 cm³/mol. The summed E-state index contributed by atoms with van der Waals surface area (Å²) in [5.41, 5.74) is 2.48. The number of nitrogens with zero attached hydrogens (tertiary/aromatic N) is 1. The van der Waals surface area contributed by atoms with Crippen molar-refractivity contribution in [2.75, 3.05) is 0 Å². The van der Waals surface area contributed by atoms with Crippen molar-refractivity contribution in [2.45, 2.75) is 64.7 Å². The molecule has 1 aromatic heterocycles. The molecule has 0 amide bonds. The van der Waals surface area contributed by atoms with Gasteiger partial charge in [-0.25, -0.2) is 0 Å². The van der Waals surface area contributed by atoms with Crippen molar-refractivity contribution in [3.63, 3.8) is 0 Å². The Morgan fingerprint density at radius 2 is 2.14 bits per heavy atom. The van der Waals surface area contributed by atoms with Crippen LogP contribution in [-0.4, -0.2) is 11.4 Å². The van der Waals surface area contributed by atoms with E-state index in [1.165, 1.54) is 17.4 Å². The zero-order chi connectivity index (χ0) is 15.6. The van der Waals surface area contributed by atoms with Crippen molar-refractivity contribution >= 4 is 6.29 Å². The van der Waals surface area contributed by atoms with E-state index in [1.54, 1.807) is 0 Å². The summed E-state index contributed by atoms with van der Waals surface area (Å²) in [5, 5.41) is 4.07. The van der Waals surface area contributed by atoms with Gasteiger partial charge < -0.3 is 9.32 Å². The minimum absolute atomic E-state index is 0.0217. The fourth-order valence-electron chi connectivity index (χ4n) is 6.00. The summed E-state index contributed by atoms with van der Waals surface area (Å²) >= 11 is 0. The van der Waals surface area contributed by atoms with Crippen LogP contribution in [0.2, 0.25) is 0 Å². The van der Waals surface area contributed by atoms with Crippen molar-refractivity contribution in [1.29, 1.82) is 0 Å². The fourth-order valence-corrected chi connectivity index (χ4v) is 6.00. The molecule has 1 fully saturated rings. The lowest BCUT2D eigenvalue weighted by Gasteiger charge is -2.58. The van der Waals surface area contributed by atoms with Gasteiger partial charge in [0.25, 0.3) is 0 Å². The van der Waals surface area contributed by atoms with E-state index in [0.29, 0.717) is 5.92 Å². The molecule has 1 unspecified atom stereocenters. The zero-order valence-electron chi connectivity index (χ0n) is 13.8. The van der Waals surface area contributed by atoms with E-state index in [4.69, 9.17) is 4.52 Å². The second kappa shape index (κ2) is 4.33. The van der Waals surface area contributed by atoms with Crippen LogP contribution in [0, 0.1) is 16.7 Å². The van der Waals surface area contributed by atoms with Crippen LogP contribution in [0.25, 0.3) is 0 Å². The maximum absolute atomic E-state index is 12.0. The molecule has 3 heteroatoms. The molecule has 1 heterocycles. The summed E-state index contributed by atoms with van der Waals surface area (Å²) in [4.78, 5) is 12.0. The van der Waals surface area contributed by atoms with Crippen molar-refractivity contribution in [1.82, 2.24) is 5.16 Å². The van der Waals surface area contributed by atoms with Gasteiger partial charge >= 0.3 is 0 Å². The maximum atomic E-state index is 12.0. The Kier molecular flexibility index (Phi) is 2.80. The van der Waals surface area contributed by atoms with Crippen molar-refractivity contribution in [2.24, 2.45) is 16.7 Å². The number of fused-ring (bicyclic) bond motifs is 4. The molecule has 0 radical (unpaired) electrons. The molecule has 3 nitrogen and oxygen atoms in total. The second-order valence-electron chi connectivity index (χ2n) is 8.37.